The highest BCUT2D eigenvalue weighted by atomic mass is 31.3. The molecule has 6 atom stereocenters. The summed E-state index contributed by atoms with van der Waals surface area (Å²) < 4.78 is 67.7. The molecule has 0 radical (unpaired) electrons. The largest absolute Gasteiger partial charge is 0.490 e. The van der Waals surface area contributed by atoms with Crippen molar-refractivity contribution in [3.63, 3.8) is 0 Å². The second kappa shape index (κ2) is 9.00. The Labute approximate surface area is 183 Å². The van der Waals surface area contributed by atoms with Gasteiger partial charge in [0.05, 0.1) is 12.9 Å². The van der Waals surface area contributed by atoms with Crippen LogP contribution in [0.25, 0.3) is 11.2 Å². The maximum absolute atomic E-state index is 15.0. The van der Waals surface area contributed by atoms with Gasteiger partial charge in [0.25, 0.3) is 0 Å². The van der Waals surface area contributed by atoms with Crippen molar-refractivity contribution in [3.05, 3.63) is 12.7 Å². The molecule has 0 spiro atoms. The van der Waals surface area contributed by atoms with E-state index < -0.39 is 54.2 Å². The summed E-state index contributed by atoms with van der Waals surface area (Å²) in [5, 5.41) is 10.5. The number of hydrogen-bond donors (Lipinski definition) is 6. The molecule has 186 valence electrons. The van der Waals surface area contributed by atoms with E-state index in [2.05, 4.69) is 28.1 Å². The number of aliphatic hydroxyl groups excluding tert-OH is 1. The summed E-state index contributed by atoms with van der Waals surface area (Å²) in [7, 11) is -16.9. The van der Waals surface area contributed by atoms with Crippen LogP contribution in [-0.4, -0.2) is 68.7 Å². The SMILES string of the molecule is CCC1(COP(=O)(O)OP(=O)(O)OP(=O)(O)O)OC(n2cnc3c(N)ncnc32)C(F)C1O. The standard InChI is InChI=1S/C12H19FN5O12P3/c1-2-12(3-27-32(23,24)30-33(25,26)29-31(20,21)22)8(19)6(13)11(28-12)18-5-17-7-9(14)15-4-16-10(7)18/h4-6,8,11,19H,2-3H2,1H3,(H,23,24)(H,25,26)(H2,14,15,16)(H2,20,21,22). The molecule has 0 saturated carbocycles. The molecule has 6 unspecified atom stereocenters. The Morgan fingerprint density at radius 3 is 2.45 bits per heavy atom. The second-order valence-corrected chi connectivity index (χ2v) is 11.2. The minimum absolute atomic E-state index is 0.00196. The van der Waals surface area contributed by atoms with E-state index >= 15 is 4.39 Å². The van der Waals surface area contributed by atoms with Gasteiger partial charge in [-0.25, -0.2) is 33.0 Å². The number of fused-ring (bicyclic) bond motifs is 1. The molecule has 33 heavy (non-hydrogen) atoms. The van der Waals surface area contributed by atoms with Crippen molar-refractivity contribution >= 4 is 40.4 Å². The number of nitrogen functional groups attached to an aromatic ring is 1. The molecule has 1 aliphatic rings. The predicted octanol–water partition coefficient (Wildman–Crippen LogP) is 0.128. The normalized spacial score (nSPS) is 29.7. The average molecular weight is 537 g/mol. The first-order chi connectivity index (χ1) is 15.1. The fraction of sp³-hybridized carbons (Fsp3) is 0.583. The lowest BCUT2D eigenvalue weighted by molar-refractivity contribution is -0.126. The van der Waals surface area contributed by atoms with Crippen molar-refractivity contribution in [2.45, 2.75) is 37.4 Å². The van der Waals surface area contributed by atoms with E-state index in [1.54, 1.807) is 0 Å². The highest BCUT2D eigenvalue weighted by Crippen LogP contribution is 2.66. The highest BCUT2D eigenvalue weighted by Gasteiger charge is 2.56. The summed E-state index contributed by atoms with van der Waals surface area (Å²) in [6.45, 7) is 0.375. The molecule has 0 amide bonds. The zero-order chi connectivity index (χ0) is 24.8. The van der Waals surface area contributed by atoms with E-state index in [1.165, 1.54) is 6.92 Å². The molecule has 1 fully saturated rings. The zero-order valence-electron chi connectivity index (χ0n) is 16.5. The number of aliphatic hydroxyl groups is 1. The number of aromatic nitrogens is 4. The first-order valence-electron chi connectivity index (χ1n) is 8.81. The van der Waals surface area contributed by atoms with E-state index in [9.17, 15) is 28.6 Å². The summed E-state index contributed by atoms with van der Waals surface area (Å²) in [6, 6.07) is 0. The Balaban J connectivity index is 1.80. The fourth-order valence-corrected chi connectivity index (χ4v) is 6.17. The van der Waals surface area contributed by atoms with E-state index in [4.69, 9.17) is 20.3 Å². The van der Waals surface area contributed by atoms with Crippen LogP contribution in [0, 0.1) is 0 Å². The number of phosphoric ester groups is 1. The number of nitrogens with zero attached hydrogens (tertiary/aromatic N) is 4. The highest BCUT2D eigenvalue weighted by molar-refractivity contribution is 7.66. The molecule has 21 heteroatoms. The van der Waals surface area contributed by atoms with Gasteiger partial charge in [-0.2, -0.15) is 8.62 Å². The summed E-state index contributed by atoms with van der Waals surface area (Å²) in [4.78, 5) is 47.6. The Kier molecular flexibility index (Phi) is 7.15. The first-order valence-corrected chi connectivity index (χ1v) is 13.3. The molecule has 1 aliphatic heterocycles. The minimum atomic E-state index is -5.76. The van der Waals surface area contributed by atoms with Crippen LogP contribution in [0.5, 0.6) is 0 Å². The van der Waals surface area contributed by atoms with Gasteiger partial charge in [-0.05, 0) is 6.42 Å². The van der Waals surface area contributed by atoms with Crippen LogP contribution in [0.3, 0.4) is 0 Å². The monoisotopic (exact) mass is 537 g/mol. The summed E-state index contributed by atoms with van der Waals surface area (Å²) in [6.07, 6.45) is -3.56. The molecule has 2 aromatic heterocycles. The van der Waals surface area contributed by atoms with Crippen molar-refractivity contribution in [1.82, 2.24) is 19.5 Å². The van der Waals surface area contributed by atoms with Crippen molar-refractivity contribution in [2.24, 2.45) is 0 Å². The third kappa shape index (κ3) is 5.65. The second-order valence-electron chi connectivity index (χ2n) is 6.76. The number of nitrogens with two attached hydrogens (primary N) is 1. The van der Waals surface area contributed by atoms with Gasteiger partial charge in [-0.1, -0.05) is 6.92 Å². The number of imidazole rings is 1. The van der Waals surface area contributed by atoms with Gasteiger partial charge < -0.3 is 35.2 Å². The summed E-state index contributed by atoms with van der Waals surface area (Å²) in [5.41, 5.74) is 3.92. The van der Waals surface area contributed by atoms with Gasteiger partial charge in [0, 0.05) is 0 Å². The summed E-state index contributed by atoms with van der Waals surface area (Å²) >= 11 is 0. The molecule has 0 bridgehead atoms. The van der Waals surface area contributed by atoms with Gasteiger partial charge in [0.15, 0.2) is 23.9 Å². The van der Waals surface area contributed by atoms with Crippen molar-refractivity contribution in [1.29, 1.82) is 0 Å². The smallest absolute Gasteiger partial charge is 0.387 e. The molecular formula is C12H19FN5O12P3. The van der Waals surface area contributed by atoms with E-state index in [-0.39, 0.29) is 23.4 Å². The van der Waals surface area contributed by atoms with Crippen molar-refractivity contribution in [3.8, 4) is 0 Å². The van der Waals surface area contributed by atoms with Crippen LogP contribution in [0.4, 0.5) is 10.2 Å². The molecule has 3 heterocycles. The third-order valence-electron chi connectivity index (χ3n) is 4.62. The molecule has 0 aromatic carbocycles. The Morgan fingerprint density at radius 1 is 1.18 bits per heavy atom. The third-order valence-corrected chi connectivity index (χ3v) is 8.40. The van der Waals surface area contributed by atoms with Gasteiger partial charge in [-0.15, -0.1) is 0 Å². The van der Waals surface area contributed by atoms with Gasteiger partial charge in [-0.3, -0.25) is 9.09 Å². The first kappa shape index (κ1) is 26.2. The van der Waals surface area contributed by atoms with Gasteiger partial charge >= 0.3 is 23.5 Å². The number of phosphoric acid groups is 3. The van der Waals surface area contributed by atoms with Crippen molar-refractivity contribution in [2.75, 3.05) is 12.3 Å². The molecule has 7 N–H and O–H groups in total. The lowest BCUT2D eigenvalue weighted by atomic mass is 9.94. The number of halogens is 1. The molecule has 1 saturated heterocycles. The van der Waals surface area contributed by atoms with Crippen LogP contribution >= 0.6 is 23.5 Å². The van der Waals surface area contributed by atoms with Gasteiger partial charge in [0.1, 0.15) is 23.5 Å². The van der Waals surface area contributed by atoms with E-state index in [0.717, 1.165) is 17.2 Å². The number of ether oxygens (including phenoxy) is 1. The molecule has 17 nitrogen and oxygen atoms in total. The van der Waals surface area contributed by atoms with E-state index in [1.807, 2.05) is 0 Å². The number of alkyl halides is 1. The summed E-state index contributed by atoms with van der Waals surface area (Å²) in [5.74, 6) is 0.00196. The predicted molar refractivity (Wildman–Crippen MR) is 104 cm³/mol. The Hall–Kier alpha value is -1.39. The molecular weight excluding hydrogens is 518 g/mol. The molecule has 2 aromatic rings. The van der Waals surface area contributed by atoms with E-state index in [0.29, 0.717) is 0 Å². The van der Waals surface area contributed by atoms with Crippen molar-refractivity contribution < 1.29 is 60.6 Å². The lowest BCUT2D eigenvalue weighted by Gasteiger charge is -2.30. The quantitative estimate of drug-likeness (QED) is 0.232. The number of anilines is 1. The number of hydrogen-bond acceptors (Lipinski definition) is 12. The molecule has 0 aliphatic carbocycles. The topological polar surface area (TPSA) is 259 Å². The zero-order valence-corrected chi connectivity index (χ0v) is 19.2. The van der Waals surface area contributed by atoms with Crippen LogP contribution in [0.2, 0.25) is 0 Å². The lowest BCUT2D eigenvalue weighted by Crippen LogP contribution is -2.45. The molecule has 3 rings (SSSR count). The average Bonchev–Trinajstić information content (AvgIpc) is 3.19. The van der Waals surface area contributed by atoms with Crippen LogP contribution in [0.15, 0.2) is 12.7 Å². The van der Waals surface area contributed by atoms with Crippen LogP contribution in [-0.2, 0) is 31.6 Å². The Morgan fingerprint density at radius 2 is 1.85 bits per heavy atom. The Bertz CT molecular complexity index is 1180. The fourth-order valence-electron chi connectivity index (χ4n) is 3.10. The minimum Gasteiger partial charge on any atom is -0.387 e. The number of rotatable bonds is 9. The maximum atomic E-state index is 15.0. The maximum Gasteiger partial charge on any atom is 0.490 e. The van der Waals surface area contributed by atoms with Gasteiger partial charge in [0.2, 0.25) is 0 Å². The van der Waals surface area contributed by atoms with Crippen LogP contribution in [0.1, 0.15) is 19.6 Å². The van der Waals surface area contributed by atoms with Crippen LogP contribution < -0.4 is 5.73 Å².